The zero-order valence-electron chi connectivity index (χ0n) is 13.3. The molecule has 1 aromatic carbocycles. The van der Waals surface area contributed by atoms with E-state index in [1.807, 2.05) is 0 Å². The van der Waals surface area contributed by atoms with E-state index in [4.69, 9.17) is 11.6 Å². The molecule has 0 aromatic heterocycles. The maximum absolute atomic E-state index is 13.2. The number of nitrogens with zero attached hydrogens (tertiary/aromatic N) is 1. The van der Waals surface area contributed by atoms with Gasteiger partial charge >= 0.3 is 6.18 Å². The van der Waals surface area contributed by atoms with E-state index in [0.717, 1.165) is 4.90 Å². The zero-order chi connectivity index (χ0) is 17.6. The van der Waals surface area contributed by atoms with Crippen molar-refractivity contribution in [2.24, 2.45) is 0 Å². The lowest BCUT2D eigenvalue weighted by Crippen LogP contribution is -2.57. The number of halogens is 5. The number of carbonyl (C=O) groups is 1. The number of carbonyl (C=O) groups excluding carboxylic acids is 1. The summed E-state index contributed by atoms with van der Waals surface area (Å²) in [6.07, 6.45) is -4.37. The van der Waals surface area contributed by atoms with Crippen molar-refractivity contribution in [1.29, 1.82) is 0 Å². The Morgan fingerprint density at radius 3 is 2.56 bits per heavy atom. The zero-order valence-corrected chi connectivity index (χ0v) is 15.7. The summed E-state index contributed by atoms with van der Waals surface area (Å²) in [4.78, 5) is 14.0. The maximum Gasteiger partial charge on any atom is 0.405 e. The summed E-state index contributed by atoms with van der Waals surface area (Å²) in [6.45, 7) is 1.22. The summed E-state index contributed by atoms with van der Waals surface area (Å²) < 4.78 is 39.7. The molecule has 1 saturated heterocycles. The van der Waals surface area contributed by atoms with Gasteiger partial charge in [0.15, 0.2) is 0 Å². The van der Waals surface area contributed by atoms with Crippen LogP contribution in [0.2, 0.25) is 5.02 Å². The van der Waals surface area contributed by atoms with E-state index in [0.29, 0.717) is 31.2 Å². The van der Waals surface area contributed by atoms with Crippen molar-refractivity contribution < 1.29 is 18.0 Å². The topological polar surface area (TPSA) is 44.4 Å². The average molecular weight is 418 g/mol. The van der Waals surface area contributed by atoms with Crippen molar-refractivity contribution in [2.45, 2.75) is 17.1 Å². The molecular formula is C15H20Cl2F3N3OS. The number of alkyl halides is 3. The summed E-state index contributed by atoms with van der Waals surface area (Å²) in [7, 11) is 0. The third kappa shape index (κ3) is 7.22. The van der Waals surface area contributed by atoms with Gasteiger partial charge in [0.2, 0.25) is 5.91 Å². The molecule has 1 atom stereocenters. The predicted molar refractivity (Wildman–Crippen MR) is 96.7 cm³/mol. The first-order valence-electron chi connectivity index (χ1n) is 7.53. The molecule has 2 rings (SSSR count). The second-order valence-electron chi connectivity index (χ2n) is 5.37. The fourth-order valence-electron chi connectivity index (χ4n) is 2.41. The van der Waals surface area contributed by atoms with Crippen molar-refractivity contribution in [3.05, 3.63) is 29.3 Å². The van der Waals surface area contributed by atoms with Crippen LogP contribution in [0.5, 0.6) is 0 Å². The van der Waals surface area contributed by atoms with E-state index >= 15 is 0 Å². The first kappa shape index (κ1) is 22.4. The molecule has 0 radical (unpaired) electrons. The fourth-order valence-corrected chi connectivity index (χ4v) is 3.48. The van der Waals surface area contributed by atoms with Crippen LogP contribution < -0.4 is 10.6 Å². The molecule has 0 spiro atoms. The van der Waals surface area contributed by atoms with Crippen LogP contribution in [0.4, 0.5) is 13.2 Å². The van der Waals surface area contributed by atoms with Crippen LogP contribution in [0.15, 0.2) is 29.2 Å². The molecule has 10 heteroatoms. The minimum absolute atomic E-state index is 0. The molecule has 1 unspecified atom stereocenters. The van der Waals surface area contributed by atoms with Crippen LogP contribution >= 0.6 is 35.8 Å². The van der Waals surface area contributed by atoms with Crippen LogP contribution in [-0.2, 0) is 4.79 Å². The van der Waals surface area contributed by atoms with Crippen molar-refractivity contribution >= 4 is 41.7 Å². The van der Waals surface area contributed by atoms with Gasteiger partial charge in [-0.05, 0) is 12.1 Å². The Bertz CT molecular complexity index is 557. The second-order valence-corrected chi connectivity index (χ2v) is 6.79. The molecule has 1 aliphatic rings. The number of piperazine rings is 1. The van der Waals surface area contributed by atoms with Crippen molar-refractivity contribution in [1.82, 2.24) is 15.5 Å². The molecular weight excluding hydrogens is 398 g/mol. The van der Waals surface area contributed by atoms with E-state index in [9.17, 15) is 18.0 Å². The predicted octanol–water partition coefficient (Wildman–Crippen LogP) is 2.81. The number of thioether (sulfide) groups is 1. The van der Waals surface area contributed by atoms with Crippen LogP contribution in [0.1, 0.15) is 0 Å². The Morgan fingerprint density at radius 2 is 1.96 bits per heavy atom. The van der Waals surface area contributed by atoms with E-state index in [1.165, 1.54) is 16.7 Å². The molecule has 0 bridgehead atoms. The molecule has 1 amide bonds. The first-order chi connectivity index (χ1) is 11.4. The third-order valence-corrected chi connectivity index (χ3v) is 5.17. The van der Waals surface area contributed by atoms with Crippen LogP contribution in [-0.4, -0.2) is 61.5 Å². The van der Waals surface area contributed by atoms with Crippen LogP contribution in [0.3, 0.4) is 0 Å². The highest BCUT2D eigenvalue weighted by Gasteiger charge is 2.43. The summed E-state index contributed by atoms with van der Waals surface area (Å²) in [5.41, 5.74) is 0. The molecule has 142 valence electrons. The Balaban J connectivity index is 0.00000312. The van der Waals surface area contributed by atoms with Crippen LogP contribution in [0, 0.1) is 0 Å². The van der Waals surface area contributed by atoms with Gasteiger partial charge in [-0.1, -0.05) is 23.7 Å². The standard InChI is InChI=1S/C15H19ClF3N3OS.ClH/c16-11-3-1-2-4-12(11)24-10-14(23)21-9-13(15(17,18)19)22-7-5-20-6-8-22;/h1-4,13,20H,5-10H2,(H,21,23);1H. The summed E-state index contributed by atoms with van der Waals surface area (Å²) in [6, 6.07) is 5.36. The molecule has 4 nitrogen and oxygen atoms in total. The maximum atomic E-state index is 13.2. The van der Waals surface area contributed by atoms with E-state index < -0.39 is 24.7 Å². The van der Waals surface area contributed by atoms with E-state index in [-0.39, 0.29) is 18.2 Å². The normalized spacial score (nSPS) is 16.8. The van der Waals surface area contributed by atoms with Gasteiger partial charge in [0.05, 0.1) is 10.8 Å². The number of benzene rings is 1. The molecule has 1 fully saturated rings. The molecule has 0 saturated carbocycles. The molecule has 1 aromatic rings. The lowest BCUT2D eigenvalue weighted by molar-refractivity contribution is -0.183. The lowest BCUT2D eigenvalue weighted by Gasteiger charge is -2.35. The summed E-state index contributed by atoms with van der Waals surface area (Å²) in [5.74, 6) is -0.417. The van der Waals surface area contributed by atoms with E-state index in [2.05, 4.69) is 10.6 Å². The van der Waals surface area contributed by atoms with E-state index in [1.54, 1.807) is 24.3 Å². The Hall–Kier alpha value is -0.670. The van der Waals surface area contributed by atoms with Gasteiger partial charge in [0.1, 0.15) is 6.04 Å². The number of hydrogen-bond donors (Lipinski definition) is 2. The van der Waals surface area contributed by atoms with Gasteiger partial charge in [-0.3, -0.25) is 9.69 Å². The number of amides is 1. The number of nitrogens with one attached hydrogen (secondary N) is 2. The number of hydrogen-bond acceptors (Lipinski definition) is 4. The van der Waals surface area contributed by atoms with Gasteiger partial charge < -0.3 is 10.6 Å². The summed E-state index contributed by atoms with van der Waals surface area (Å²) >= 11 is 7.18. The quantitative estimate of drug-likeness (QED) is 0.698. The lowest BCUT2D eigenvalue weighted by atomic mass is 10.2. The molecule has 0 aliphatic carbocycles. The number of rotatable bonds is 6. The average Bonchev–Trinajstić information content (AvgIpc) is 2.54. The molecule has 1 heterocycles. The van der Waals surface area contributed by atoms with Crippen molar-refractivity contribution in [2.75, 3.05) is 38.5 Å². The SMILES string of the molecule is Cl.O=C(CSc1ccccc1Cl)NCC(N1CCNCC1)C(F)(F)F. The van der Waals surface area contributed by atoms with Gasteiger partial charge in [0, 0.05) is 37.6 Å². The monoisotopic (exact) mass is 417 g/mol. The fraction of sp³-hybridized carbons (Fsp3) is 0.533. The first-order valence-corrected chi connectivity index (χ1v) is 8.90. The third-order valence-electron chi connectivity index (χ3n) is 3.66. The molecule has 2 N–H and O–H groups in total. The van der Waals surface area contributed by atoms with Crippen molar-refractivity contribution in [3.8, 4) is 0 Å². The highest BCUT2D eigenvalue weighted by atomic mass is 35.5. The highest BCUT2D eigenvalue weighted by Crippen LogP contribution is 2.27. The Kier molecular flexibility index (Phi) is 9.37. The van der Waals surface area contributed by atoms with Crippen LogP contribution in [0.25, 0.3) is 0 Å². The second kappa shape index (κ2) is 10.5. The van der Waals surface area contributed by atoms with Gasteiger partial charge in [-0.15, -0.1) is 24.2 Å². The van der Waals surface area contributed by atoms with Crippen molar-refractivity contribution in [3.63, 3.8) is 0 Å². The minimum Gasteiger partial charge on any atom is -0.353 e. The van der Waals surface area contributed by atoms with Gasteiger partial charge in [0.25, 0.3) is 0 Å². The molecule has 25 heavy (non-hydrogen) atoms. The minimum atomic E-state index is -4.37. The summed E-state index contributed by atoms with van der Waals surface area (Å²) in [5, 5.41) is 5.93. The largest absolute Gasteiger partial charge is 0.405 e. The Labute approximate surface area is 160 Å². The van der Waals surface area contributed by atoms with Gasteiger partial charge in [-0.2, -0.15) is 13.2 Å². The smallest absolute Gasteiger partial charge is 0.353 e. The van der Waals surface area contributed by atoms with Gasteiger partial charge in [-0.25, -0.2) is 0 Å². The Morgan fingerprint density at radius 1 is 1.32 bits per heavy atom. The highest BCUT2D eigenvalue weighted by molar-refractivity contribution is 8.00. The molecule has 1 aliphatic heterocycles.